The van der Waals surface area contributed by atoms with Crippen molar-refractivity contribution >= 4 is 17.7 Å². The number of aromatic nitrogens is 3. The fraction of sp³-hybridized carbons (Fsp3) is 0.167. The number of para-hydroxylation sites is 1. The van der Waals surface area contributed by atoms with Gasteiger partial charge in [0.25, 0.3) is 0 Å². The van der Waals surface area contributed by atoms with Gasteiger partial charge >= 0.3 is 0 Å². The van der Waals surface area contributed by atoms with Gasteiger partial charge in [0.1, 0.15) is 5.76 Å². The maximum absolute atomic E-state index is 11.8. The van der Waals surface area contributed by atoms with Gasteiger partial charge in [-0.1, -0.05) is 35.9 Å². The molecule has 1 aromatic carbocycles. The minimum absolute atomic E-state index is 0.147. The van der Waals surface area contributed by atoms with Crippen LogP contribution in [0.25, 0.3) is 17.1 Å². The van der Waals surface area contributed by atoms with Gasteiger partial charge < -0.3 is 9.73 Å². The van der Waals surface area contributed by atoms with E-state index in [1.807, 2.05) is 47.9 Å². The molecule has 0 aliphatic carbocycles. The van der Waals surface area contributed by atoms with E-state index in [9.17, 15) is 4.79 Å². The zero-order valence-corrected chi connectivity index (χ0v) is 14.4. The second kappa shape index (κ2) is 7.73. The Balaban J connectivity index is 1.94. The summed E-state index contributed by atoms with van der Waals surface area (Å²) in [6, 6.07) is 11.6. The molecule has 0 spiro atoms. The number of hydrogen-bond donors (Lipinski definition) is 1. The van der Waals surface area contributed by atoms with Crippen LogP contribution in [0.15, 0.2) is 52.2 Å². The summed E-state index contributed by atoms with van der Waals surface area (Å²) in [6.45, 7) is 2.09. The van der Waals surface area contributed by atoms with Gasteiger partial charge in [-0.2, -0.15) is 0 Å². The fourth-order valence-electron chi connectivity index (χ4n) is 2.30. The van der Waals surface area contributed by atoms with E-state index >= 15 is 0 Å². The first-order valence-corrected chi connectivity index (χ1v) is 8.57. The van der Waals surface area contributed by atoms with Gasteiger partial charge in [-0.05, 0) is 25.1 Å². The van der Waals surface area contributed by atoms with Gasteiger partial charge in [-0.25, -0.2) is 0 Å². The summed E-state index contributed by atoms with van der Waals surface area (Å²) in [7, 11) is 0. The van der Waals surface area contributed by atoms with Crippen molar-refractivity contribution in [2.24, 2.45) is 0 Å². The number of furan rings is 1. The number of amides is 1. The molecule has 3 rings (SSSR count). The molecule has 1 N–H and O–H groups in total. The number of hydrogen-bond acceptors (Lipinski definition) is 5. The van der Waals surface area contributed by atoms with E-state index < -0.39 is 0 Å². The highest BCUT2D eigenvalue weighted by Crippen LogP contribution is 2.30. The Morgan fingerprint density at radius 1 is 1.32 bits per heavy atom. The highest BCUT2D eigenvalue weighted by molar-refractivity contribution is 7.99. The lowest BCUT2D eigenvalue weighted by Crippen LogP contribution is -2.25. The molecule has 0 saturated heterocycles. The molecule has 0 aliphatic rings. The minimum atomic E-state index is -0.147. The van der Waals surface area contributed by atoms with E-state index in [1.165, 1.54) is 11.8 Å². The molecule has 2 aromatic heterocycles. The molecular weight excluding hydrogens is 336 g/mol. The van der Waals surface area contributed by atoms with Gasteiger partial charge in [0, 0.05) is 5.69 Å². The maximum Gasteiger partial charge on any atom is 0.231 e. The number of benzene rings is 1. The number of nitrogens with zero attached hydrogens (tertiary/aromatic N) is 3. The molecule has 6 nitrogen and oxygen atoms in total. The number of nitrogens with one attached hydrogen (secondary N) is 1. The van der Waals surface area contributed by atoms with Crippen LogP contribution < -0.4 is 5.32 Å². The van der Waals surface area contributed by atoms with Crippen molar-refractivity contribution in [2.75, 3.05) is 12.3 Å². The van der Waals surface area contributed by atoms with Crippen LogP contribution in [-0.4, -0.2) is 33.0 Å². The molecule has 3 aromatic rings. The molecule has 2 heterocycles. The van der Waals surface area contributed by atoms with Crippen LogP contribution in [0.5, 0.6) is 0 Å². The molecule has 1 amide bonds. The Hall–Kier alpha value is -2.98. The summed E-state index contributed by atoms with van der Waals surface area (Å²) in [6.07, 6.45) is 6.77. The molecular formula is C18H16N4O2S. The molecule has 25 heavy (non-hydrogen) atoms. The molecule has 0 saturated carbocycles. The SMILES string of the molecule is C#CCNC(=O)CSc1nnc(-c2ccoc2C)n1-c1ccccc1. The molecule has 0 fully saturated rings. The highest BCUT2D eigenvalue weighted by atomic mass is 32.2. The first-order valence-electron chi connectivity index (χ1n) is 7.59. The first kappa shape index (κ1) is 16.9. The lowest BCUT2D eigenvalue weighted by Gasteiger charge is -2.09. The Morgan fingerprint density at radius 3 is 2.80 bits per heavy atom. The predicted octanol–water partition coefficient (Wildman–Crippen LogP) is 2.68. The third-order valence-electron chi connectivity index (χ3n) is 3.47. The van der Waals surface area contributed by atoms with Gasteiger partial charge in [-0.3, -0.25) is 9.36 Å². The van der Waals surface area contributed by atoms with Crippen molar-refractivity contribution < 1.29 is 9.21 Å². The lowest BCUT2D eigenvalue weighted by molar-refractivity contribution is -0.118. The summed E-state index contributed by atoms with van der Waals surface area (Å²) in [4.78, 5) is 11.8. The molecule has 0 aliphatic heterocycles. The number of terminal acetylenes is 1. The molecule has 126 valence electrons. The summed E-state index contributed by atoms with van der Waals surface area (Å²) >= 11 is 1.30. The number of rotatable bonds is 6. The summed E-state index contributed by atoms with van der Waals surface area (Å²) < 4.78 is 7.30. The van der Waals surface area contributed by atoms with Crippen molar-refractivity contribution in [1.82, 2.24) is 20.1 Å². The van der Waals surface area contributed by atoms with Crippen LogP contribution in [0.4, 0.5) is 0 Å². The van der Waals surface area contributed by atoms with Crippen LogP contribution in [0.1, 0.15) is 5.76 Å². The van der Waals surface area contributed by atoms with E-state index in [1.54, 1.807) is 6.26 Å². The minimum Gasteiger partial charge on any atom is -0.469 e. The number of thioether (sulfide) groups is 1. The van der Waals surface area contributed by atoms with E-state index in [-0.39, 0.29) is 18.2 Å². The van der Waals surface area contributed by atoms with E-state index in [0.29, 0.717) is 11.0 Å². The zero-order valence-electron chi connectivity index (χ0n) is 13.6. The zero-order chi connectivity index (χ0) is 17.6. The van der Waals surface area contributed by atoms with Crippen LogP contribution in [0.3, 0.4) is 0 Å². The van der Waals surface area contributed by atoms with E-state index in [4.69, 9.17) is 10.8 Å². The van der Waals surface area contributed by atoms with E-state index in [0.717, 1.165) is 17.0 Å². The van der Waals surface area contributed by atoms with Crippen molar-refractivity contribution in [3.8, 4) is 29.4 Å². The maximum atomic E-state index is 11.8. The van der Waals surface area contributed by atoms with Crippen molar-refractivity contribution in [1.29, 1.82) is 0 Å². The van der Waals surface area contributed by atoms with Crippen molar-refractivity contribution in [2.45, 2.75) is 12.1 Å². The lowest BCUT2D eigenvalue weighted by atomic mass is 10.2. The van der Waals surface area contributed by atoms with Crippen molar-refractivity contribution in [3.05, 3.63) is 48.4 Å². The third-order valence-corrected chi connectivity index (χ3v) is 4.40. The largest absolute Gasteiger partial charge is 0.469 e. The van der Waals surface area contributed by atoms with Crippen LogP contribution >= 0.6 is 11.8 Å². The second-order valence-corrected chi connectivity index (χ2v) is 6.08. The second-order valence-electron chi connectivity index (χ2n) is 5.14. The molecule has 7 heteroatoms. The molecule has 0 unspecified atom stereocenters. The van der Waals surface area contributed by atoms with Crippen LogP contribution in [-0.2, 0) is 4.79 Å². The number of carbonyl (C=O) groups excluding carboxylic acids is 1. The Bertz CT molecular complexity index is 909. The smallest absolute Gasteiger partial charge is 0.231 e. The summed E-state index contributed by atoms with van der Waals surface area (Å²) in [5.74, 6) is 3.86. The van der Waals surface area contributed by atoms with Crippen molar-refractivity contribution in [3.63, 3.8) is 0 Å². The highest BCUT2D eigenvalue weighted by Gasteiger charge is 2.19. The fourth-order valence-corrected chi connectivity index (χ4v) is 3.08. The monoisotopic (exact) mass is 352 g/mol. The molecule has 0 atom stereocenters. The predicted molar refractivity (Wildman–Crippen MR) is 96.4 cm³/mol. The van der Waals surface area contributed by atoms with Gasteiger partial charge in [-0.15, -0.1) is 16.6 Å². The standard InChI is InChI=1S/C18H16N4O2S/c1-3-10-19-16(23)12-25-18-21-20-17(15-9-11-24-13(15)2)22(18)14-7-5-4-6-8-14/h1,4-9,11H,10,12H2,2H3,(H,19,23). The molecule has 0 bridgehead atoms. The Morgan fingerprint density at radius 2 is 2.12 bits per heavy atom. The average Bonchev–Trinajstić information content (AvgIpc) is 3.24. The van der Waals surface area contributed by atoms with Gasteiger partial charge in [0.15, 0.2) is 11.0 Å². The summed E-state index contributed by atoms with van der Waals surface area (Å²) in [5.41, 5.74) is 1.77. The Labute approximate surface area is 149 Å². The third kappa shape index (κ3) is 3.75. The number of aryl methyl sites for hydroxylation is 1. The van der Waals surface area contributed by atoms with E-state index in [2.05, 4.69) is 21.4 Å². The topological polar surface area (TPSA) is 73.0 Å². The van der Waals surface area contributed by atoms with Gasteiger partial charge in [0.05, 0.1) is 24.1 Å². The van der Waals surface area contributed by atoms with Gasteiger partial charge in [0.2, 0.25) is 5.91 Å². The summed E-state index contributed by atoms with van der Waals surface area (Å²) in [5, 5.41) is 11.8. The number of carbonyl (C=O) groups is 1. The normalized spacial score (nSPS) is 10.4. The quantitative estimate of drug-likeness (QED) is 0.545. The average molecular weight is 352 g/mol. The molecule has 0 radical (unpaired) electrons. The Kier molecular flexibility index (Phi) is 5.21. The first-order chi connectivity index (χ1) is 12.2. The van der Waals surface area contributed by atoms with Crippen LogP contribution in [0, 0.1) is 19.3 Å². The van der Waals surface area contributed by atoms with Crippen LogP contribution in [0.2, 0.25) is 0 Å².